The van der Waals surface area contributed by atoms with Crippen molar-refractivity contribution in [2.45, 2.75) is 13.8 Å². The van der Waals surface area contributed by atoms with Gasteiger partial charge < -0.3 is 14.2 Å². The van der Waals surface area contributed by atoms with E-state index in [-0.39, 0.29) is 13.2 Å². The number of halogens is 1. The molecular formula is C18H20ClNO4. The third-order valence-electron chi connectivity index (χ3n) is 3.31. The van der Waals surface area contributed by atoms with Gasteiger partial charge in [0.05, 0.1) is 12.8 Å². The Labute approximate surface area is 146 Å². The molecule has 0 aliphatic carbocycles. The molecule has 0 spiro atoms. The van der Waals surface area contributed by atoms with Crippen LogP contribution in [0, 0.1) is 13.8 Å². The number of carbonyl (C=O) groups is 1. The van der Waals surface area contributed by atoms with Crippen molar-refractivity contribution in [3.05, 3.63) is 52.5 Å². The summed E-state index contributed by atoms with van der Waals surface area (Å²) in [4.78, 5) is 11.8. The molecule has 6 heteroatoms. The molecule has 1 N–H and O–H groups in total. The fourth-order valence-electron chi connectivity index (χ4n) is 2.07. The number of methoxy groups -OCH3 is 1. The van der Waals surface area contributed by atoms with Crippen LogP contribution < -0.4 is 14.8 Å². The minimum Gasteiger partial charge on any atom is -0.495 e. The van der Waals surface area contributed by atoms with Crippen molar-refractivity contribution >= 4 is 23.4 Å². The molecule has 2 rings (SSSR count). The van der Waals surface area contributed by atoms with Crippen LogP contribution in [0.3, 0.4) is 0 Å². The third-order valence-corrected chi connectivity index (χ3v) is 3.73. The lowest BCUT2D eigenvalue weighted by atomic mass is 10.2. The minimum atomic E-state index is -0.560. The van der Waals surface area contributed by atoms with E-state index in [0.717, 1.165) is 11.1 Å². The molecule has 0 aliphatic rings. The van der Waals surface area contributed by atoms with E-state index in [4.69, 9.17) is 25.8 Å². The highest BCUT2D eigenvalue weighted by Gasteiger charge is 2.08. The molecule has 0 bridgehead atoms. The summed E-state index contributed by atoms with van der Waals surface area (Å²) in [6.45, 7) is 4.20. The van der Waals surface area contributed by atoms with Crippen molar-refractivity contribution in [1.29, 1.82) is 0 Å². The summed E-state index contributed by atoms with van der Waals surface area (Å²) in [5.74, 6) is 1.26. The van der Waals surface area contributed by atoms with Crippen molar-refractivity contribution in [2.24, 2.45) is 0 Å². The van der Waals surface area contributed by atoms with Gasteiger partial charge >= 0.3 is 6.09 Å². The highest BCUT2D eigenvalue weighted by atomic mass is 35.5. The zero-order chi connectivity index (χ0) is 17.5. The molecule has 128 valence electrons. The summed E-state index contributed by atoms with van der Waals surface area (Å²) in [5, 5.41) is 3.34. The molecule has 0 saturated heterocycles. The highest BCUT2D eigenvalue weighted by molar-refractivity contribution is 6.31. The minimum absolute atomic E-state index is 0.127. The Hall–Kier alpha value is -2.40. The van der Waals surface area contributed by atoms with Gasteiger partial charge in [-0.2, -0.15) is 0 Å². The first kappa shape index (κ1) is 17.9. The van der Waals surface area contributed by atoms with Gasteiger partial charge in [-0.15, -0.1) is 0 Å². The zero-order valence-electron chi connectivity index (χ0n) is 13.9. The fourth-order valence-corrected chi connectivity index (χ4v) is 2.18. The first-order valence-electron chi connectivity index (χ1n) is 7.47. The van der Waals surface area contributed by atoms with Gasteiger partial charge in [0, 0.05) is 5.02 Å². The number of aryl methyl sites for hydroxylation is 2. The van der Waals surface area contributed by atoms with Crippen molar-refractivity contribution in [3.63, 3.8) is 0 Å². The second kappa shape index (κ2) is 8.45. The van der Waals surface area contributed by atoms with Gasteiger partial charge in [0.25, 0.3) is 0 Å². The summed E-state index contributed by atoms with van der Waals surface area (Å²) < 4.78 is 15.8. The van der Waals surface area contributed by atoms with Crippen LogP contribution in [-0.4, -0.2) is 26.4 Å². The number of rotatable bonds is 6. The average Bonchev–Trinajstić information content (AvgIpc) is 2.55. The number of ether oxygens (including phenoxy) is 3. The summed E-state index contributed by atoms with van der Waals surface area (Å²) in [6.07, 6.45) is -0.560. The lowest BCUT2D eigenvalue weighted by Gasteiger charge is -2.12. The van der Waals surface area contributed by atoms with Crippen LogP contribution in [0.4, 0.5) is 10.5 Å². The average molecular weight is 350 g/mol. The maximum atomic E-state index is 11.8. The predicted octanol–water partition coefficient (Wildman–Crippen LogP) is 4.59. The number of amides is 1. The topological polar surface area (TPSA) is 56.8 Å². The van der Waals surface area contributed by atoms with E-state index in [9.17, 15) is 4.79 Å². The molecular weight excluding hydrogens is 330 g/mol. The summed E-state index contributed by atoms with van der Waals surface area (Å²) in [7, 11) is 1.54. The third kappa shape index (κ3) is 5.06. The van der Waals surface area contributed by atoms with Gasteiger partial charge in [0.15, 0.2) is 0 Å². The summed E-state index contributed by atoms with van der Waals surface area (Å²) >= 11 is 5.95. The van der Waals surface area contributed by atoms with E-state index in [0.29, 0.717) is 22.2 Å². The van der Waals surface area contributed by atoms with Gasteiger partial charge in [-0.1, -0.05) is 17.7 Å². The molecule has 0 heterocycles. The molecule has 5 nitrogen and oxygen atoms in total. The second-order valence-electron chi connectivity index (χ2n) is 5.22. The maximum absolute atomic E-state index is 11.8. The monoisotopic (exact) mass is 349 g/mol. The first-order chi connectivity index (χ1) is 11.5. The van der Waals surface area contributed by atoms with E-state index in [1.54, 1.807) is 25.3 Å². The molecule has 0 unspecified atom stereocenters. The van der Waals surface area contributed by atoms with Crippen LogP contribution >= 0.6 is 11.6 Å². The summed E-state index contributed by atoms with van der Waals surface area (Å²) in [6, 6.07) is 10.9. The van der Waals surface area contributed by atoms with Crippen molar-refractivity contribution in [2.75, 3.05) is 25.6 Å². The van der Waals surface area contributed by atoms with Crippen molar-refractivity contribution in [1.82, 2.24) is 0 Å². The van der Waals surface area contributed by atoms with E-state index >= 15 is 0 Å². The Morgan fingerprint density at radius 2 is 1.92 bits per heavy atom. The maximum Gasteiger partial charge on any atom is 0.411 e. The number of hydrogen-bond donors (Lipinski definition) is 1. The van der Waals surface area contributed by atoms with Crippen molar-refractivity contribution < 1.29 is 19.0 Å². The van der Waals surface area contributed by atoms with Gasteiger partial charge in [-0.25, -0.2) is 4.79 Å². The second-order valence-corrected chi connectivity index (χ2v) is 5.63. The van der Waals surface area contributed by atoms with Crippen LogP contribution in [0.1, 0.15) is 11.1 Å². The van der Waals surface area contributed by atoms with Gasteiger partial charge in [0.2, 0.25) is 0 Å². The van der Waals surface area contributed by atoms with Gasteiger partial charge in [-0.3, -0.25) is 5.32 Å². The Bertz CT molecular complexity index is 718. The molecule has 2 aromatic carbocycles. The quantitative estimate of drug-likeness (QED) is 0.775. The SMILES string of the molecule is COc1ccc(C)cc1NC(=O)OCCOc1ccc(Cl)c(C)c1. The molecule has 0 aromatic heterocycles. The van der Waals surface area contributed by atoms with E-state index in [2.05, 4.69) is 5.32 Å². The number of anilines is 1. The largest absolute Gasteiger partial charge is 0.495 e. The number of benzene rings is 2. The first-order valence-corrected chi connectivity index (χ1v) is 7.85. The molecule has 0 saturated carbocycles. The zero-order valence-corrected chi connectivity index (χ0v) is 14.6. The molecule has 0 atom stereocenters. The highest BCUT2D eigenvalue weighted by Crippen LogP contribution is 2.25. The molecule has 2 aromatic rings. The van der Waals surface area contributed by atoms with E-state index in [1.807, 2.05) is 32.0 Å². The smallest absolute Gasteiger partial charge is 0.411 e. The molecule has 0 radical (unpaired) electrons. The van der Waals surface area contributed by atoms with Crippen LogP contribution in [0.25, 0.3) is 0 Å². The van der Waals surface area contributed by atoms with Crippen LogP contribution in [0.15, 0.2) is 36.4 Å². The molecule has 0 aliphatic heterocycles. The van der Waals surface area contributed by atoms with Gasteiger partial charge in [0.1, 0.15) is 24.7 Å². The lowest BCUT2D eigenvalue weighted by molar-refractivity contribution is 0.137. The molecule has 1 amide bonds. The summed E-state index contributed by atoms with van der Waals surface area (Å²) in [5.41, 5.74) is 2.50. The standard InChI is InChI=1S/C18H20ClNO4/c1-12-4-7-17(22-3)16(10-12)20-18(21)24-9-8-23-14-5-6-15(19)13(2)11-14/h4-7,10-11H,8-9H2,1-3H3,(H,20,21). The Balaban J connectivity index is 1.79. The van der Waals surface area contributed by atoms with Gasteiger partial charge in [-0.05, 0) is 55.3 Å². The van der Waals surface area contributed by atoms with Crippen LogP contribution in [0.5, 0.6) is 11.5 Å². The van der Waals surface area contributed by atoms with Crippen molar-refractivity contribution in [3.8, 4) is 11.5 Å². The number of hydrogen-bond acceptors (Lipinski definition) is 4. The normalized spacial score (nSPS) is 10.2. The number of carbonyl (C=O) groups excluding carboxylic acids is 1. The predicted molar refractivity (Wildman–Crippen MR) is 94.4 cm³/mol. The van der Waals surface area contributed by atoms with Crippen LogP contribution in [0.2, 0.25) is 5.02 Å². The molecule has 0 fully saturated rings. The van der Waals surface area contributed by atoms with Crippen LogP contribution in [-0.2, 0) is 4.74 Å². The van der Waals surface area contributed by atoms with E-state index < -0.39 is 6.09 Å². The Morgan fingerprint density at radius 1 is 1.12 bits per heavy atom. The molecule has 24 heavy (non-hydrogen) atoms. The Kier molecular flexibility index (Phi) is 6.32. The lowest BCUT2D eigenvalue weighted by Crippen LogP contribution is -2.18. The fraction of sp³-hybridized carbons (Fsp3) is 0.278. The Morgan fingerprint density at radius 3 is 2.62 bits per heavy atom. The number of nitrogens with one attached hydrogen (secondary N) is 1. The van der Waals surface area contributed by atoms with E-state index in [1.165, 1.54) is 0 Å².